The van der Waals surface area contributed by atoms with Crippen LogP contribution in [0.4, 0.5) is 0 Å². The van der Waals surface area contributed by atoms with E-state index in [-0.39, 0.29) is 13.2 Å². The van der Waals surface area contributed by atoms with Gasteiger partial charge in [0.05, 0.1) is 5.02 Å². The number of aliphatic hydroxyl groups excluding tert-OH is 1. The van der Waals surface area contributed by atoms with E-state index in [1.54, 1.807) is 12.1 Å². The Bertz CT molecular complexity index is 309. The minimum Gasteiger partial charge on any atom is -0.489 e. The van der Waals surface area contributed by atoms with Crippen LogP contribution in [0.5, 0.6) is 5.75 Å². The minimum atomic E-state index is -0.658. The molecule has 0 heterocycles. The summed E-state index contributed by atoms with van der Waals surface area (Å²) in [6.07, 6.45) is -0.658. The van der Waals surface area contributed by atoms with Crippen molar-refractivity contribution in [3.05, 3.63) is 27.7 Å². The third kappa shape index (κ3) is 3.46. The molecule has 1 atom stereocenters. The Morgan fingerprint density at radius 2 is 2.29 bits per heavy atom. The topological polar surface area (TPSA) is 55.5 Å². The van der Waals surface area contributed by atoms with Crippen LogP contribution in [0.15, 0.2) is 22.7 Å². The van der Waals surface area contributed by atoms with E-state index in [1.165, 1.54) is 0 Å². The summed E-state index contributed by atoms with van der Waals surface area (Å²) in [6.45, 7) is 0.325. The zero-order chi connectivity index (χ0) is 10.6. The van der Waals surface area contributed by atoms with Crippen molar-refractivity contribution in [1.82, 2.24) is 0 Å². The summed E-state index contributed by atoms with van der Waals surface area (Å²) in [5.41, 5.74) is 5.23. The smallest absolute Gasteiger partial charge is 0.138 e. The van der Waals surface area contributed by atoms with Gasteiger partial charge in [0.15, 0.2) is 0 Å². The fourth-order valence-electron chi connectivity index (χ4n) is 0.846. The summed E-state index contributed by atoms with van der Waals surface area (Å²) < 4.78 is 6.15. The Balaban J connectivity index is 2.59. The monoisotopic (exact) mass is 279 g/mol. The molecule has 0 bridgehead atoms. The molecule has 1 unspecified atom stereocenters. The maximum atomic E-state index is 9.16. The number of nitrogens with two attached hydrogens (primary N) is 1. The highest BCUT2D eigenvalue weighted by Crippen LogP contribution is 2.27. The van der Waals surface area contributed by atoms with Crippen molar-refractivity contribution >= 4 is 27.5 Å². The molecule has 1 aromatic rings. The van der Waals surface area contributed by atoms with Gasteiger partial charge in [-0.2, -0.15) is 0 Å². The molecule has 0 saturated carbocycles. The van der Waals surface area contributed by atoms with Crippen LogP contribution in [-0.2, 0) is 0 Å². The van der Waals surface area contributed by atoms with Crippen molar-refractivity contribution in [3.63, 3.8) is 0 Å². The van der Waals surface area contributed by atoms with Crippen LogP contribution in [0, 0.1) is 0 Å². The molecular weight excluding hydrogens is 269 g/mol. The predicted octanol–water partition coefficient (Wildman–Crippen LogP) is 1.80. The zero-order valence-electron chi connectivity index (χ0n) is 7.41. The molecule has 0 fully saturated rings. The Morgan fingerprint density at radius 1 is 1.57 bits per heavy atom. The number of hydrogen-bond acceptors (Lipinski definition) is 3. The molecule has 3 N–H and O–H groups in total. The summed E-state index contributed by atoms with van der Waals surface area (Å²) in [7, 11) is 0. The van der Waals surface area contributed by atoms with E-state index in [2.05, 4.69) is 15.9 Å². The first-order valence-electron chi connectivity index (χ1n) is 4.09. The molecule has 0 amide bonds. The Morgan fingerprint density at radius 3 is 2.86 bits per heavy atom. The van der Waals surface area contributed by atoms with E-state index in [0.717, 1.165) is 4.47 Å². The normalized spacial score (nSPS) is 12.6. The maximum Gasteiger partial charge on any atom is 0.138 e. The molecule has 3 nitrogen and oxygen atoms in total. The predicted molar refractivity (Wildman–Crippen MR) is 59.7 cm³/mol. The molecule has 0 aliphatic heterocycles. The van der Waals surface area contributed by atoms with E-state index < -0.39 is 6.10 Å². The van der Waals surface area contributed by atoms with Crippen molar-refractivity contribution in [2.24, 2.45) is 5.73 Å². The summed E-state index contributed by atoms with van der Waals surface area (Å²) in [4.78, 5) is 0. The van der Waals surface area contributed by atoms with Gasteiger partial charge in [-0.3, -0.25) is 0 Å². The Kier molecular flexibility index (Phi) is 4.68. The van der Waals surface area contributed by atoms with Gasteiger partial charge in [-0.05, 0) is 18.2 Å². The van der Waals surface area contributed by atoms with Crippen molar-refractivity contribution < 1.29 is 9.84 Å². The second-order valence-electron chi connectivity index (χ2n) is 2.78. The second kappa shape index (κ2) is 5.56. The number of rotatable bonds is 4. The lowest BCUT2D eigenvalue weighted by atomic mass is 10.3. The third-order valence-electron chi connectivity index (χ3n) is 1.60. The van der Waals surface area contributed by atoms with E-state index in [9.17, 15) is 0 Å². The number of aliphatic hydroxyl groups is 1. The molecule has 0 aromatic heterocycles. The summed E-state index contributed by atoms with van der Waals surface area (Å²) in [5.74, 6) is 0.544. The van der Waals surface area contributed by atoms with Gasteiger partial charge in [-0.25, -0.2) is 0 Å². The maximum absolute atomic E-state index is 9.16. The number of benzene rings is 1. The molecular formula is C9H11BrClNO2. The van der Waals surface area contributed by atoms with Crippen LogP contribution in [0.25, 0.3) is 0 Å². The first-order chi connectivity index (χ1) is 6.63. The molecule has 0 spiro atoms. The zero-order valence-corrected chi connectivity index (χ0v) is 9.75. The molecule has 1 aromatic carbocycles. The van der Waals surface area contributed by atoms with Crippen LogP contribution in [0.1, 0.15) is 0 Å². The van der Waals surface area contributed by atoms with Gasteiger partial charge < -0.3 is 15.6 Å². The van der Waals surface area contributed by atoms with Crippen molar-refractivity contribution in [1.29, 1.82) is 0 Å². The first kappa shape index (κ1) is 11.8. The van der Waals surface area contributed by atoms with Crippen LogP contribution in [0.3, 0.4) is 0 Å². The van der Waals surface area contributed by atoms with Crippen LogP contribution in [0.2, 0.25) is 5.02 Å². The average Bonchev–Trinajstić information content (AvgIpc) is 2.16. The van der Waals surface area contributed by atoms with Gasteiger partial charge >= 0.3 is 0 Å². The lowest BCUT2D eigenvalue weighted by molar-refractivity contribution is 0.114. The largest absolute Gasteiger partial charge is 0.489 e. The highest BCUT2D eigenvalue weighted by atomic mass is 79.9. The SMILES string of the molecule is NCC(O)COc1ccc(Br)cc1Cl. The molecule has 5 heteroatoms. The summed E-state index contributed by atoms with van der Waals surface area (Å²) in [5, 5.41) is 9.67. The molecule has 0 saturated heterocycles. The Hall–Kier alpha value is -0.290. The van der Waals surface area contributed by atoms with E-state index in [0.29, 0.717) is 10.8 Å². The second-order valence-corrected chi connectivity index (χ2v) is 4.10. The molecule has 14 heavy (non-hydrogen) atoms. The Labute approximate surface area is 95.9 Å². The van der Waals surface area contributed by atoms with Gasteiger partial charge in [0.25, 0.3) is 0 Å². The highest BCUT2D eigenvalue weighted by molar-refractivity contribution is 9.10. The fraction of sp³-hybridized carbons (Fsp3) is 0.333. The van der Waals surface area contributed by atoms with Crippen LogP contribution >= 0.6 is 27.5 Å². The van der Waals surface area contributed by atoms with Crippen LogP contribution in [-0.4, -0.2) is 24.4 Å². The highest BCUT2D eigenvalue weighted by Gasteiger charge is 2.05. The molecule has 0 radical (unpaired) electrons. The fourth-order valence-corrected chi connectivity index (χ4v) is 1.57. The summed E-state index contributed by atoms with van der Waals surface area (Å²) in [6, 6.07) is 5.28. The minimum absolute atomic E-state index is 0.151. The van der Waals surface area contributed by atoms with E-state index in [4.69, 9.17) is 27.2 Å². The molecule has 0 aliphatic carbocycles. The van der Waals surface area contributed by atoms with Gasteiger partial charge in [-0.15, -0.1) is 0 Å². The third-order valence-corrected chi connectivity index (χ3v) is 2.39. The van der Waals surface area contributed by atoms with Crippen molar-refractivity contribution in [2.45, 2.75) is 6.10 Å². The van der Waals surface area contributed by atoms with E-state index >= 15 is 0 Å². The molecule has 78 valence electrons. The van der Waals surface area contributed by atoms with E-state index in [1.807, 2.05) is 6.07 Å². The standard InChI is InChI=1S/C9H11BrClNO2/c10-6-1-2-9(8(11)3-6)14-5-7(13)4-12/h1-3,7,13H,4-5,12H2. The van der Waals surface area contributed by atoms with Gasteiger partial charge in [-0.1, -0.05) is 27.5 Å². The van der Waals surface area contributed by atoms with Crippen molar-refractivity contribution in [3.8, 4) is 5.75 Å². The molecule has 1 rings (SSSR count). The molecule has 0 aliphatic rings. The number of halogens is 2. The lowest BCUT2D eigenvalue weighted by Gasteiger charge is -2.11. The quantitative estimate of drug-likeness (QED) is 0.884. The first-order valence-corrected chi connectivity index (χ1v) is 5.26. The number of ether oxygens (including phenoxy) is 1. The lowest BCUT2D eigenvalue weighted by Crippen LogP contribution is -2.26. The average molecular weight is 281 g/mol. The number of hydrogen-bond donors (Lipinski definition) is 2. The van der Waals surface area contributed by atoms with Crippen LogP contribution < -0.4 is 10.5 Å². The van der Waals surface area contributed by atoms with Gasteiger partial charge in [0.2, 0.25) is 0 Å². The summed E-state index contributed by atoms with van der Waals surface area (Å²) >= 11 is 9.17. The van der Waals surface area contributed by atoms with Gasteiger partial charge in [0.1, 0.15) is 18.5 Å². The van der Waals surface area contributed by atoms with Crippen molar-refractivity contribution in [2.75, 3.05) is 13.2 Å². The van der Waals surface area contributed by atoms with Gasteiger partial charge in [0, 0.05) is 11.0 Å².